The molecule has 6 nitrogen and oxygen atoms in total. The summed E-state index contributed by atoms with van der Waals surface area (Å²) in [4.78, 5) is 22.3. The Bertz CT molecular complexity index is 543. The number of carboxylic acid groups (broad SMARTS) is 1. The van der Waals surface area contributed by atoms with E-state index < -0.39 is 23.3 Å². The normalized spacial score (nSPS) is 16.3. The molecule has 7 heteroatoms. The van der Waals surface area contributed by atoms with Gasteiger partial charge >= 0.3 is 5.97 Å². The van der Waals surface area contributed by atoms with Crippen LogP contribution in [-0.4, -0.2) is 42.3 Å². The quantitative estimate of drug-likeness (QED) is 0.745. The van der Waals surface area contributed by atoms with E-state index in [9.17, 15) is 14.0 Å². The third-order valence-corrected chi connectivity index (χ3v) is 3.03. The van der Waals surface area contributed by atoms with Crippen LogP contribution in [0.25, 0.3) is 0 Å². The lowest BCUT2D eigenvalue weighted by Crippen LogP contribution is -2.59. The summed E-state index contributed by atoms with van der Waals surface area (Å²) in [6.07, 6.45) is 0. The van der Waals surface area contributed by atoms with Gasteiger partial charge in [-0.2, -0.15) is 0 Å². The van der Waals surface area contributed by atoms with Crippen molar-refractivity contribution in [1.82, 2.24) is 5.32 Å². The third kappa shape index (κ3) is 3.31. The molecular formula is C13H15FN2O4. The largest absolute Gasteiger partial charge is 0.478 e. The molecule has 1 fully saturated rings. The van der Waals surface area contributed by atoms with Crippen LogP contribution in [-0.2, 0) is 9.53 Å². The molecule has 1 aliphatic heterocycles. The molecule has 0 bridgehead atoms. The van der Waals surface area contributed by atoms with Gasteiger partial charge in [0.05, 0.1) is 11.2 Å². The van der Waals surface area contributed by atoms with Crippen LogP contribution >= 0.6 is 0 Å². The van der Waals surface area contributed by atoms with E-state index >= 15 is 0 Å². The Labute approximate surface area is 114 Å². The zero-order valence-electron chi connectivity index (χ0n) is 10.9. The van der Waals surface area contributed by atoms with Crippen LogP contribution in [0.15, 0.2) is 18.2 Å². The Balaban J connectivity index is 1.91. The maximum absolute atomic E-state index is 13.4. The van der Waals surface area contributed by atoms with Crippen molar-refractivity contribution in [2.24, 2.45) is 0 Å². The lowest BCUT2D eigenvalue weighted by atomic mass is 10.0. The first-order chi connectivity index (χ1) is 9.39. The highest BCUT2D eigenvalue weighted by Gasteiger charge is 2.33. The number of benzene rings is 1. The summed E-state index contributed by atoms with van der Waals surface area (Å²) in [6, 6.07) is 3.40. The summed E-state index contributed by atoms with van der Waals surface area (Å²) in [5.41, 5.74) is -0.583. The molecule has 1 aliphatic rings. The van der Waals surface area contributed by atoms with Gasteiger partial charge in [0.2, 0.25) is 5.91 Å². The molecule has 0 unspecified atom stereocenters. The van der Waals surface area contributed by atoms with Crippen molar-refractivity contribution < 1.29 is 23.8 Å². The fourth-order valence-corrected chi connectivity index (χ4v) is 1.78. The van der Waals surface area contributed by atoms with Crippen LogP contribution < -0.4 is 10.6 Å². The van der Waals surface area contributed by atoms with E-state index in [1.807, 2.05) is 6.92 Å². The number of amides is 1. The van der Waals surface area contributed by atoms with Gasteiger partial charge in [-0.25, -0.2) is 9.18 Å². The molecule has 0 radical (unpaired) electrons. The SMILES string of the molecule is CC1(OCC(=O)Nc2ccc(C(=O)O)c(F)c2)CNC1. The first-order valence-electron chi connectivity index (χ1n) is 6.07. The number of carboxylic acids is 1. The van der Waals surface area contributed by atoms with Gasteiger partial charge in [0, 0.05) is 18.8 Å². The molecule has 0 spiro atoms. The highest BCUT2D eigenvalue weighted by atomic mass is 19.1. The number of carbonyl (C=O) groups is 2. The summed E-state index contributed by atoms with van der Waals surface area (Å²) in [5, 5.41) is 14.2. The van der Waals surface area contributed by atoms with Crippen LogP contribution in [0.2, 0.25) is 0 Å². The molecule has 3 N–H and O–H groups in total. The van der Waals surface area contributed by atoms with Crippen molar-refractivity contribution in [2.75, 3.05) is 25.0 Å². The molecule has 108 valence electrons. The highest BCUT2D eigenvalue weighted by molar-refractivity contribution is 5.93. The molecule has 1 heterocycles. The number of aromatic carboxylic acids is 1. The minimum atomic E-state index is -1.35. The predicted octanol–water partition coefficient (Wildman–Crippen LogP) is 0.841. The number of hydrogen-bond donors (Lipinski definition) is 3. The number of carbonyl (C=O) groups excluding carboxylic acids is 1. The fourth-order valence-electron chi connectivity index (χ4n) is 1.78. The van der Waals surface area contributed by atoms with E-state index in [4.69, 9.17) is 9.84 Å². The van der Waals surface area contributed by atoms with E-state index in [1.165, 1.54) is 6.07 Å². The van der Waals surface area contributed by atoms with E-state index in [0.717, 1.165) is 12.1 Å². The Morgan fingerprint density at radius 1 is 1.50 bits per heavy atom. The number of rotatable bonds is 5. The van der Waals surface area contributed by atoms with E-state index in [-0.39, 0.29) is 17.9 Å². The van der Waals surface area contributed by atoms with E-state index in [2.05, 4.69) is 10.6 Å². The summed E-state index contributed by atoms with van der Waals surface area (Å²) in [6.45, 7) is 3.11. The average Bonchev–Trinajstić information content (AvgIpc) is 2.33. The van der Waals surface area contributed by atoms with Crippen LogP contribution in [0.1, 0.15) is 17.3 Å². The van der Waals surface area contributed by atoms with Gasteiger partial charge in [0.1, 0.15) is 12.4 Å². The van der Waals surface area contributed by atoms with E-state index in [0.29, 0.717) is 13.1 Å². The summed E-state index contributed by atoms with van der Waals surface area (Å²) < 4.78 is 18.8. The summed E-state index contributed by atoms with van der Waals surface area (Å²) in [7, 11) is 0. The molecule has 1 saturated heterocycles. The topological polar surface area (TPSA) is 87.7 Å². The Hall–Kier alpha value is -1.99. The number of anilines is 1. The molecule has 2 rings (SSSR count). The highest BCUT2D eigenvalue weighted by Crippen LogP contribution is 2.16. The molecule has 0 aromatic heterocycles. The molecule has 1 aromatic rings. The number of hydrogen-bond acceptors (Lipinski definition) is 4. The summed E-state index contributed by atoms with van der Waals surface area (Å²) >= 11 is 0. The molecular weight excluding hydrogens is 267 g/mol. The van der Waals surface area contributed by atoms with Crippen LogP contribution in [0.4, 0.5) is 10.1 Å². The second-order valence-corrected chi connectivity index (χ2v) is 4.89. The van der Waals surface area contributed by atoms with Crippen molar-refractivity contribution in [1.29, 1.82) is 0 Å². The molecule has 0 saturated carbocycles. The lowest BCUT2D eigenvalue weighted by molar-refractivity contribution is -0.130. The van der Waals surface area contributed by atoms with Gasteiger partial charge in [-0.1, -0.05) is 0 Å². The van der Waals surface area contributed by atoms with Gasteiger partial charge in [0.15, 0.2) is 0 Å². The van der Waals surface area contributed by atoms with Crippen molar-refractivity contribution in [3.05, 3.63) is 29.6 Å². The van der Waals surface area contributed by atoms with Gasteiger partial charge in [-0.15, -0.1) is 0 Å². The van der Waals surface area contributed by atoms with Gasteiger partial charge in [-0.05, 0) is 25.1 Å². The van der Waals surface area contributed by atoms with Crippen molar-refractivity contribution >= 4 is 17.6 Å². The van der Waals surface area contributed by atoms with Gasteiger partial charge in [0.25, 0.3) is 0 Å². The number of ether oxygens (including phenoxy) is 1. The monoisotopic (exact) mass is 282 g/mol. The minimum absolute atomic E-state index is 0.138. The van der Waals surface area contributed by atoms with Crippen LogP contribution in [0, 0.1) is 5.82 Å². The van der Waals surface area contributed by atoms with Crippen molar-refractivity contribution in [3.63, 3.8) is 0 Å². The maximum atomic E-state index is 13.4. The molecule has 20 heavy (non-hydrogen) atoms. The van der Waals surface area contributed by atoms with Crippen molar-refractivity contribution in [3.8, 4) is 0 Å². The van der Waals surface area contributed by atoms with Crippen molar-refractivity contribution in [2.45, 2.75) is 12.5 Å². The fraction of sp³-hybridized carbons (Fsp3) is 0.385. The minimum Gasteiger partial charge on any atom is -0.478 e. The Kier molecular flexibility index (Phi) is 4.01. The van der Waals surface area contributed by atoms with Gasteiger partial charge in [-0.3, -0.25) is 4.79 Å². The number of nitrogens with one attached hydrogen (secondary N) is 2. The van der Waals surface area contributed by atoms with Crippen LogP contribution in [0.3, 0.4) is 0 Å². The standard InChI is InChI=1S/C13H15FN2O4/c1-13(6-15-7-13)20-5-11(17)16-8-2-3-9(12(18)19)10(14)4-8/h2-4,15H,5-7H2,1H3,(H,16,17)(H,18,19). The molecule has 1 aromatic carbocycles. The van der Waals surface area contributed by atoms with Gasteiger partial charge < -0.3 is 20.5 Å². The first kappa shape index (κ1) is 14.4. The first-order valence-corrected chi connectivity index (χ1v) is 6.07. The lowest BCUT2D eigenvalue weighted by Gasteiger charge is -2.38. The molecule has 0 atom stereocenters. The Morgan fingerprint density at radius 2 is 2.20 bits per heavy atom. The van der Waals surface area contributed by atoms with Crippen LogP contribution in [0.5, 0.6) is 0 Å². The predicted molar refractivity (Wildman–Crippen MR) is 69.2 cm³/mol. The third-order valence-electron chi connectivity index (χ3n) is 3.03. The molecule has 0 aliphatic carbocycles. The van der Waals surface area contributed by atoms with E-state index in [1.54, 1.807) is 0 Å². The Morgan fingerprint density at radius 3 is 2.70 bits per heavy atom. The average molecular weight is 282 g/mol. The number of halogens is 1. The zero-order chi connectivity index (χ0) is 14.8. The molecule has 1 amide bonds. The summed E-state index contributed by atoms with van der Waals surface area (Å²) in [5.74, 6) is -2.67. The maximum Gasteiger partial charge on any atom is 0.338 e. The second-order valence-electron chi connectivity index (χ2n) is 4.89. The zero-order valence-corrected chi connectivity index (χ0v) is 10.9. The second kappa shape index (κ2) is 5.56. The smallest absolute Gasteiger partial charge is 0.338 e.